The number of carboxylic acid groups (broad SMARTS) is 1. The van der Waals surface area contributed by atoms with Gasteiger partial charge in [0.05, 0.1) is 10.9 Å². The van der Waals surface area contributed by atoms with E-state index in [0.29, 0.717) is 6.54 Å². The zero-order valence-electron chi connectivity index (χ0n) is 11.8. The largest absolute Gasteiger partial charge is 0.481 e. The number of aliphatic carboxylic acids is 1. The van der Waals surface area contributed by atoms with Gasteiger partial charge in [0.15, 0.2) is 0 Å². The zero-order valence-corrected chi connectivity index (χ0v) is 11.8. The van der Waals surface area contributed by atoms with E-state index in [4.69, 9.17) is 4.98 Å². The third kappa shape index (κ3) is 1.82. The average molecular weight is 282 g/mol. The van der Waals surface area contributed by atoms with Gasteiger partial charge in [-0.05, 0) is 37.0 Å². The molecule has 2 aliphatic rings. The highest BCUT2D eigenvalue weighted by Crippen LogP contribution is 2.49. The molecule has 1 N–H and O–H groups in total. The SMILES string of the molecule is O=C(O)[C@@]12CCC[C@H]1CN(c1ccc3ccccc3n1)C2. The summed E-state index contributed by atoms with van der Waals surface area (Å²) in [6.07, 6.45) is 2.86. The number of para-hydroxylation sites is 1. The lowest BCUT2D eigenvalue weighted by Gasteiger charge is -2.23. The Labute approximate surface area is 123 Å². The second-order valence-electron chi connectivity index (χ2n) is 6.29. The number of nitrogens with zero attached hydrogens (tertiary/aromatic N) is 2. The number of anilines is 1. The summed E-state index contributed by atoms with van der Waals surface area (Å²) in [5.41, 5.74) is 0.421. The minimum absolute atomic E-state index is 0.267. The Morgan fingerprint density at radius 2 is 2.14 bits per heavy atom. The van der Waals surface area contributed by atoms with Gasteiger partial charge < -0.3 is 10.0 Å². The summed E-state index contributed by atoms with van der Waals surface area (Å²) in [5, 5.41) is 10.8. The fourth-order valence-corrected chi connectivity index (χ4v) is 4.04. The quantitative estimate of drug-likeness (QED) is 0.920. The molecular formula is C17H18N2O2. The minimum Gasteiger partial charge on any atom is -0.481 e. The number of benzene rings is 1. The molecule has 108 valence electrons. The number of aromatic nitrogens is 1. The summed E-state index contributed by atoms with van der Waals surface area (Å²) in [6, 6.07) is 12.1. The highest BCUT2D eigenvalue weighted by Gasteiger charge is 2.55. The van der Waals surface area contributed by atoms with Gasteiger partial charge in [-0.2, -0.15) is 0 Å². The van der Waals surface area contributed by atoms with Crippen molar-refractivity contribution in [1.82, 2.24) is 4.98 Å². The van der Waals surface area contributed by atoms with Crippen LogP contribution in [0.5, 0.6) is 0 Å². The van der Waals surface area contributed by atoms with E-state index < -0.39 is 11.4 Å². The van der Waals surface area contributed by atoms with Gasteiger partial charge in [0, 0.05) is 18.5 Å². The molecule has 0 amide bonds. The van der Waals surface area contributed by atoms with Crippen molar-refractivity contribution in [1.29, 1.82) is 0 Å². The predicted molar refractivity (Wildman–Crippen MR) is 81.4 cm³/mol. The Bertz CT molecular complexity index is 715. The van der Waals surface area contributed by atoms with Gasteiger partial charge >= 0.3 is 5.97 Å². The summed E-state index contributed by atoms with van der Waals surface area (Å²) in [7, 11) is 0. The number of hydrogen-bond donors (Lipinski definition) is 1. The van der Waals surface area contributed by atoms with Crippen molar-refractivity contribution in [3.63, 3.8) is 0 Å². The lowest BCUT2D eigenvalue weighted by atomic mass is 9.81. The van der Waals surface area contributed by atoms with E-state index in [2.05, 4.69) is 11.0 Å². The molecule has 1 aromatic carbocycles. The van der Waals surface area contributed by atoms with Crippen molar-refractivity contribution in [3.8, 4) is 0 Å². The smallest absolute Gasteiger partial charge is 0.311 e. The first-order valence-electron chi connectivity index (χ1n) is 7.53. The van der Waals surface area contributed by atoms with E-state index in [-0.39, 0.29) is 5.92 Å². The van der Waals surface area contributed by atoms with Crippen LogP contribution in [0.15, 0.2) is 36.4 Å². The monoisotopic (exact) mass is 282 g/mol. The lowest BCUT2D eigenvalue weighted by molar-refractivity contribution is -0.149. The molecule has 2 aromatic rings. The second kappa shape index (κ2) is 4.45. The van der Waals surface area contributed by atoms with Gasteiger partial charge in [-0.3, -0.25) is 4.79 Å². The van der Waals surface area contributed by atoms with Crippen molar-refractivity contribution in [2.24, 2.45) is 11.3 Å². The normalized spacial score (nSPS) is 28.0. The molecule has 1 aliphatic carbocycles. The molecule has 1 aromatic heterocycles. The molecule has 2 heterocycles. The number of carbonyl (C=O) groups is 1. The van der Waals surface area contributed by atoms with Gasteiger partial charge in [-0.15, -0.1) is 0 Å². The van der Waals surface area contributed by atoms with Crippen molar-refractivity contribution in [3.05, 3.63) is 36.4 Å². The van der Waals surface area contributed by atoms with E-state index in [1.54, 1.807) is 0 Å². The molecule has 1 saturated carbocycles. The third-order valence-corrected chi connectivity index (χ3v) is 5.20. The maximum absolute atomic E-state index is 11.7. The Balaban J connectivity index is 1.69. The van der Waals surface area contributed by atoms with Crippen LogP contribution in [0.1, 0.15) is 19.3 Å². The van der Waals surface area contributed by atoms with Crippen LogP contribution in [-0.4, -0.2) is 29.1 Å². The molecule has 2 atom stereocenters. The Kier molecular flexibility index (Phi) is 2.67. The van der Waals surface area contributed by atoms with E-state index in [1.165, 1.54) is 0 Å². The molecule has 4 rings (SSSR count). The lowest BCUT2D eigenvalue weighted by Crippen LogP contribution is -2.35. The second-order valence-corrected chi connectivity index (χ2v) is 6.29. The van der Waals surface area contributed by atoms with E-state index in [0.717, 1.165) is 42.5 Å². The Morgan fingerprint density at radius 1 is 1.29 bits per heavy atom. The molecule has 0 bridgehead atoms. The van der Waals surface area contributed by atoms with Crippen molar-refractivity contribution >= 4 is 22.7 Å². The molecule has 0 unspecified atom stereocenters. The van der Waals surface area contributed by atoms with Crippen molar-refractivity contribution in [2.75, 3.05) is 18.0 Å². The van der Waals surface area contributed by atoms with Gasteiger partial charge in [0.1, 0.15) is 5.82 Å². The van der Waals surface area contributed by atoms with Crippen LogP contribution in [0.3, 0.4) is 0 Å². The number of hydrogen-bond acceptors (Lipinski definition) is 3. The number of fused-ring (bicyclic) bond motifs is 2. The van der Waals surface area contributed by atoms with Gasteiger partial charge in [-0.25, -0.2) is 4.98 Å². The third-order valence-electron chi connectivity index (χ3n) is 5.20. The topological polar surface area (TPSA) is 53.4 Å². The average Bonchev–Trinajstić information content (AvgIpc) is 3.04. The molecule has 21 heavy (non-hydrogen) atoms. The highest BCUT2D eigenvalue weighted by atomic mass is 16.4. The van der Waals surface area contributed by atoms with Gasteiger partial charge in [0.25, 0.3) is 0 Å². The fourth-order valence-electron chi connectivity index (χ4n) is 4.04. The molecule has 2 fully saturated rings. The molecule has 4 heteroatoms. The fraction of sp³-hybridized carbons (Fsp3) is 0.412. The van der Waals surface area contributed by atoms with Crippen LogP contribution in [-0.2, 0) is 4.79 Å². The van der Waals surface area contributed by atoms with Crippen LogP contribution in [0.25, 0.3) is 10.9 Å². The molecule has 0 radical (unpaired) electrons. The molecule has 4 nitrogen and oxygen atoms in total. The van der Waals surface area contributed by atoms with Crippen LogP contribution < -0.4 is 4.90 Å². The summed E-state index contributed by atoms with van der Waals surface area (Å²) >= 11 is 0. The van der Waals surface area contributed by atoms with Crippen molar-refractivity contribution in [2.45, 2.75) is 19.3 Å². The minimum atomic E-state index is -0.631. The van der Waals surface area contributed by atoms with E-state index in [9.17, 15) is 9.90 Å². The Hall–Kier alpha value is -2.10. The Morgan fingerprint density at radius 3 is 2.95 bits per heavy atom. The summed E-state index contributed by atoms with van der Waals surface area (Å²) in [4.78, 5) is 18.6. The van der Waals surface area contributed by atoms with Crippen molar-refractivity contribution < 1.29 is 9.90 Å². The van der Waals surface area contributed by atoms with E-state index >= 15 is 0 Å². The van der Waals surface area contributed by atoms with Crippen LogP contribution in [0.4, 0.5) is 5.82 Å². The zero-order chi connectivity index (χ0) is 14.4. The number of carboxylic acids is 1. The predicted octanol–water partition coefficient (Wildman–Crippen LogP) is 2.93. The first kappa shape index (κ1) is 12.6. The molecule has 1 aliphatic heterocycles. The first-order valence-corrected chi connectivity index (χ1v) is 7.53. The van der Waals surface area contributed by atoms with Crippen LogP contribution in [0, 0.1) is 11.3 Å². The maximum atomic E-state index is 11.7. The number of rotatable bonds is 2. The molecule has 0 spiro atoms. The summed E-state index contributed by atoms with van der Waals surface area (Å²) < 4.78 is 0. The van der Waals surface area contributed by atoms with Crippen LogP contribution in [0.2, 0.25) is 0 Å². The van der Waals surface area contributed by atoms with Gasteiger partial charge in [-0.1, -0.05) is 24.6 Å². The van der Waals surface area contributed by atoms with E-state index in [1.807, 2.05) is 30.3 Å². The molecule has 1 saturated heterocycles. The highest BCUT2D eigenvalue weighted by molar-refractivity contribution is 5.81. The van der Waals surface area contributed by atoms with Gasteiger partial charge in [0.2, 0.25) is 0 Å². The maximum Gasteiger partial charge on any atom is 0.311 e. The standard InChI is InChI=1S/C17H18N2O2/c20-16(21)17-9-3-5-13(17)10-19(11-17)15-8-7-12-4-1-2-6-14(12)18-15/h1-2,4,6-8,13H,3,5,9-11H2,(H,20,21)/t13-,17+/m0/s1. The summed E-state index contributed by atoms with van der Waals surface area (Å²) in [6.45, 7) is 1.41. The molecular weight excluding hydrogens is 264 g/mol. The summed E-state index contributed by atoms with van der Waals surface area (Å²) in [5.74, 6) is 0.542. The van der Waals surface area contributed by atoms with Crippen LogP contribution >= 0.6 is 0 Å². The first-order chi connectivity index (χ1) is 10.2. The number of pyridine rings is 1.